The Labute approximate surface area is 199 Å². The molecule has 34 heavy (non-hydrogen) atoms. The minimum absolute atomic E-state index is 0.0901. The van der Waals surface area contributed by atoms with Crippen molar-refractivity contribution in [1.82, 2.24) is 9.88 Å². The zero-order chi connectivity index (χ0) is 24.4. The van der Waals surface area contributed by atoms with Gasteiger partial charge in [0, 0.05) is 53.3 Å². The summed E-state index contributed by atoms with van der Waals surface area (Å²) >= 11 is 0. The molecule has 4 rings (SSSR count). The Morgan fingerprint density at radius 3 is 2.21 bits per heavy atom. The third-order valence-electron chi connectivity index (χ3n) is 6.46. The monoisotopic (exact) mass is 460 g/mol. The van der Waals surface area contributed by atoms with Gasteiger partial charge in [0.25, 0.3) is 5.91 Å². The third kappa shape index (κ3) is 3.91. The first kappa shape index (κ1) is 23.4. The molecule has 1 aromatic carbocycles. The first-order valence-corrected chi connectivity index (χ1v) is 11.4. The topological polar surface area (TPSA) is 85.8 Å². The molecular formula is C27H28N2O5. The molecule has 1 fully saturated rings. The van der Waals surface area contributed by atoms with E-state index >= 15 is 0 Å². The van der Waals surface area contributed by atoms with Gasteiger partial charge in [-0.3, -0.25) is 19.4 Å². The van der Waals surface area contributed by atoms with Crippen LogP contribution < -0.4 is 0 Å². The Bertz CT molecular complexity index is 1220. The second-order valence-corrected chi connectivity index (χ2v) is 8.50. The molecule has 0 N–H and O–H groups in total. The van der Waals surface area contributed by atoms with Crippen molar-refractivity contribution in [1.29, 1.82) is 0 Å². The van der Waals surface area contributed by atoms with Crippen LogP contribution in [0.2, 0.25) is 0 Å². The first-order chi connectivity index (χ1) is 16.4. The van der Waals surface area contributed by atoms with Crippen LogP contribution in [0.5, 0.6) is 0 Å². The number of pyridine rings is 1. The number of ketones is 2. The van der Waals surface area contributed by atoms with Crippen LogP contribution in [-0.2, 0) is 19.1 Å². The average molecular weight is 461 g/mol. The van der Waals surface area contributed by atoms with Gasteiger partial charge in [-0.05, 0) is 56.4 Å². The summed E-state index contributed by atoms with van der Waals surface area (Å²) < 4.78 is 10.5. The predicted molar refractivity (Wildman–Crippen MR) is 128 cm³/mol. The maximum Gasteiger partial charge on any atom is 0.254 e. The molecule has 2 heterocycles. The lowest BCUT2D eigenvalue weighted by Gasteiger charge is -2.29. The molecule has 7 nitrogen and oxygen atoms in total. The Balaban J connectivity index is 2.00. The SMILES string of the molecule is COC1=C(OC)C(=O)C(c2c(C)ccc(C(=O)N3CCCCC3)c2-c2cccnc2)=C(C)C1=O. The number of aromatic nitrogens is 1. The van der Waals surface area contributed by atoms with E-state index in [9.17, 15) is 14.4 Å². The first-order valence-electron chi connectivity index (χ1n) is 11.4. The number of benzene rings is 1. The third-order valence-corrected chi connectivity index (χ3v) is 6.46. The number of amides is 1. The van der Waals surface area contributed by atoms with Crippen molar-refractivity contribution < 1.29 is 23.9 Å². The van der Waals surface area contributed by atoms with Gasteiger partial charge in [0.1, 0.15) is 0 Å². The van der Waals surface area contributed by atoms with Crippen LogP contribution in [0.25, 0.3) is 16.7 Å². The van der Waals surface area contributed by atoms with Crippen LogP contribution in [0.3, 0.4) is 0 Å². The Morgan fingerprint density at radius 1 is 0.912 bits per heavy atom. The number of ether oxygens (including phenoxy) is 2. The molecule has 1 aromatic heterocycles. The van der Waals surface area contributed by atoms with Gasteiger partial charge in [0.15, 0.2) is 0 Å². The van der Waals surface area contributed by atoms with E-state index in [0.29, 0.717) is 35.3 Å². The maximum absolute atomic E-state index is 13.7. The largest absolute Gasteiger partial charge is 0.489 e. The van der Waals surface area contributed by atoms with Gasteiger partial charge in [-0.2, -0.15) is 0 Å². The van der Waals surface area contributed by atoms with Crippen LogP contribution in [0.15, 0.2) is 53.8 Å². The molecule has 2 aliphatic rings. The molecule has 1 aliphatic carbocycles. The second-order valence-electron chi connectivity index (χ2n) is 8.50. The highest BCUT2D eigenvalue weighted by molar-refractivity contribution is 6.39. The summed E-state index contributed by atoms with van der Waals surface area (Å²) in [6, 6.07) is 7.27. The lowest BCUT2D eigenvalue weighted by atomic mass is 9.80. The van der Waals surface area contributed by atoms with Crippen LogP contribution in [0.4, 0.5) is 0 Å². The van der Waals surface area contributed by atoms with Crippen molar-refractivity contribution in [2.24, 2.45) is 0 Å². The Kier molecular flexibility index (Phi) is 6.63. The molecule has 0 atom stereocenters. The molecule has 0 radical (unpaired) electrons. The van der Waals surface area contributed by atoms with E-state index in [4.69, 9.17) is 9.47 Å². The zero-order valence-electron chi connectivity index (χ0n) is 19.9. The smallest absolute Gasteiger partial charge is 0.254 e. The molecule has 0 saturated carbocycles. The van der Waals surface area contributed by atoms with Gasteiger partial charge < -0.3 is 14.4 Å². The number of Topliss-reactive ketones (excluding diaryl/α,β-unsaturated/α-hetero) is 2. The van der Waals surface area contributed by atoms with Crippen LogP contribution in [-0.4, -0.2) is 54.7 Å². The number of methoxy groups -OCH3 is 2. The number of carbonyl (C=O) groups is 3. The number of hydrogen-bond acceptors (Lipinski definition) is 6. The Hall–Kier alpha value is -3.74. The van der Waals surface area contributed by atoms with Gasteiger partial charge in [0.05, 0.1) is 14.2 Å². The minimum Gasteiger partial charge on any atom is -0.489 e. The lowest BCUT2D eigenvalue weighted by molar-refractivity contribution is -0.119. The van der Waals surface area contributed by atoms with E-state index in [1.165, 1.54) is 14.2 Å². The summed E-state index contributed by atoms with van der Waals surface area (Å²) in [5, 5.41) is 0. The number of allylic oxidation sites excluding steroid dienone is 2. The summed E-state index contributed by atoms with van der Waals surface area (Å²) in [6.45, 7) is 4.86. The number of aryl methyl sites for hydroxylation is 1. The van der Waals surface area contributed by atoms with Crippen molar-refractivity contribution in [2.45, 2.75) is 33.1 Å². The van der Waals surface area contributed by atoms with Crippen LogP contribution in [0.1, 0.15) is 47.7 Å². The van der Waals surface area contributed by atoms with E-state index in [2.05, 4.69) is 4.98 Å². The summed E-state index contributed by atoms with van der Waals surface area (Å²) in [4.78, 5) is 46.5. The summed E-state index contributed by atoms with van der Waals surface area (Å²) in [7, 11) is 2.67. The molecule has 1 amide bonds. The highest BCUT2D eigenvalue weighted by Gasteiger charge is 2.38. The highest BCUT2D eigenvalue weighted by Crippen LogP contribution is 2.40. The molecule has 1 saturated heterocycles. The Morgan fingerprint density at radius 2 is 1.59 bits per heavy atom. The van der Waals surface area contributed by atoms with Crippen molar-refractivity contribution in [3.63, 3.8) is 0 Å². The number of likely N-dealkylation sites (tertiary alicyclic amines) is 1. The minimum atomic E-state index is -0.452. The van der Waals surface area contributed by atoms with E-state index in [0.717, 1.165) is 24.8 Å². The van der Waals surface area contributed by atoms with Gasteiger partial charge >= 0.3 is 0 Å². The molecule has 0 spiro atoms. The molecule has 0 bridgehead atoms. The number of hydrogen-bond donors (Lipinski definition) is 0. The quantitative estimate of drug-likeness (QED) is 0.624. The fourth-order valence-electron chi connectivity index (χ4n) is 4.73. The van der Waals surface area contributed by atoms with Gasteiger partial charge in [-0.1, -0.05) is 12.1 Å². The van der Waals surface area contributed by atoms with Crippen LogP contribution >= 0.6 is 0 Å². The summed E-state index contributed by atoms with van der Waals surface area (Å²) in [6.07, 6.45) is 6.36. The maximum atomic E-state index is 13.7. The molecule has 7 heteroatoms. The van der Waals surface area contributed by atoms with E-state index in [1.807, 2.05) is 24.0 Å². The number of rotatable bonds is 5. The summed E-state index contributed by atoms with van der Waals surface area (Å²) in [5.41, 5.74) is 3.54. The van der Waals surface area contributed by atoms with Crippen LogP contribution in [0, 0.1) is 6.92 Å². The normalized spacial score (nSPS) is 16.8. The molecule has 0 unspecified atom stereocenters. The number of carbonyl (C=O) groups excluding carboxylic acids is 3. The van der Waals surface area contributed by atoms with E-state index in [-0.39, 0.29) is 28.6 Å². The number of nitrogens with zero attached hydrogens (tertiary/aromatic N) is 2. The highest BCUT2D eigenvalue weighted by atomic mass is 16.5. The average Bonchev–Trinajstić information content (AvgIpc) is 2.87. The summed E-state index contributed by atoms with van der Waals surface area (Å²) in [5.74, 6) is -1.22. The van der Waals surface area contributed by atoms with E-state index in [1.54, 1.807) is 31.5 Å². The second kappa shape index (κ2) is 9.63. The van der Waals surface area contributed by atoms with Crippen molar-refractivity contribution in [3.05, 3.63) is 70.4 Å². The standard InChI is InChI=1S/C27H28N2O5/c1-16-10-11-19(27(32)29-13-6-5-7-14-29)22(18-9-8-12-28-15-18)20(16)21-17(2)23(30)25(33-3)26(34-4)24(21)31/h8-12,15H,5-7,13-14H2,1-4H3. The van der Waals surface area contributed by atoms with Gasteiger partial charge in [-0.25, -0.2) is 0 Å². The lowest BCUT2D eigenvalue weighted by Crippen LogP contribution is -2.36. The fourth-order valence-corrected chi connectivity index (χ4v) is 4.73. The van der Waals surface area contributed by atoms with Gasteiger partial charge in [0.2, 0.25) is 23.1 Å². The van der Waals surface area contributed by atoms with Crippen molar-refractivity contribution in [3.8, 4) is 11.1 Å². The molecule has 1 aliphatic heterocycles. The zero-order valence-corrected chi connectivity index (χ0v) is 19.9. The molecule has 2 aromatic rings. The van der Waals surface area contributed by atoms with E-state index < -0.39 is 11.6 Å². The predicted octanol–water partition coefficient (Wildman–Crippen LogP) is 4.11. The molecular weight excluding hydrogens is 432 g/mol. The number of piperidine rings is 1. The molecule has 176 valence electrons. The fraction of sp³-hybridized carbons (Fsp3) is 0.333. The van der Waals surface area contributed by atoms with Gasteiger partial charge in [-0.15, -0.1) is 0 Å². The van der Waals surface area contributed by atoms with Crippen molar-refractivity contribution in [2.75, 3.05) is 27.3 Å². The van der Waals surface area contributed by atoms with Crippen molar-refractivity contribution >= 4 is 23.0 Å².